The minimum atomic E-state index is 0.168. The van der Waals surface area contributed by atoms with Crippen LogP contribution < -0.4 is 5.32 Å². The highest BCUT2D eigenvalue weighted by Crippen LogP contribution is 2.22. The summed E-state index contributed by atoms with van der Waals surface area (Å²) in [6.45, 7) is 7.22. The summed E-state index contributed by atoms with van der Waals surface area (Å²) in [4.78, 5) is 9.01. The van der Waals surface area contributed by atoms with Crippen LogP contribution in [0.1, 0.15) is 32.0 Å². The Labute approximate surface area is 107 Å². The van der Waals surface area contributed by atoms with E-state index in [0.29, 0.717) is 6.54 Å². The van der Waals surface area contributed by atoms with Gasteiger partial charge in [-0.2, -0.15) is 0 Å². The molecular weight excluding hydrogens is 230 g/mol. The van der Waals surface area contributed by atoms with Crippen molar-refractivity contribution in [3.63, 3.8) is 0 Å². The molecule has 2 heterocycles. The quantitative estimate of drug-likeness (QED) is 0.894. The third-order valence-corrected chi connectivity index (χ3v) is 4.12. The van der Waals surface area contributed by atoms with E-state index in [2.05, 4.69) is 42.1 Å². The number of hydrogen-bond donors (Lipinski definition) is 1. The van der Waals surface area contributed by atoms with Gasteiger partial charge in [-0.15, -0.1) is 0 Å². The molecule has 3 nitrogen and oxygen atoms in total. The van der Waals surface area contributed by atoms with Crippen molar-refractivity contribution in [1.82, 2.24) is 10.3 Å². The number of pyridine rings is 1. The van der Waals surface area contributed by atoms with Crippen molar-refractivity contribution in [3.05, 3.63) is 29.6 Å². The fraction of sp³-hybridized carbons (Fsp3) is 0.538. The van der Waals surface area contributed by atoms with Crippen LogP contribution in [-0.2, 0) is 13.0 Å². The molecule has 0 amide bonds. The van der Waals surface area contributed by atoms with Crippen LogP contribution in [0.4, 0.5) is 0 Å². The Morgan fingerprint density at radius 3 is 3.00 bits per heavy atom. The summed E-state index contributed by atoms with van der Waals surface area (Å²) >= 11 is 1.79. The maximum Gasteiger partial charge on any atom is 0.157 e. The summed E-state index contributed by atoms with van der Waals surface area (Å²) in [5.74, 6) is 1.08. The number of aromatic nitrogens is 1. The zero-order valence-corrected chi connectivity index (χ0v) is 11.5. The number of thioether (sulfide) groups is 1. The van der Waals surface area contributed by atoms with Gasteiger partial charge in [-0.05, 0) is 31.9 Å². The van der Waals surface area contributed by atoms with E-state index in [9.17, 15) is 0 Å². The van der Waals surface area contributed by atoms with Crippen molar-refractivity contribution in [1.29, 1.82) is 0 Å². The molecule has 1 aliphatic rings. The molecule has 0 radical (unpaired) electrons. The van der Waals surface area contributed by atoms with E-state index in [1.807, 2.05) is 12.3 Å². The van der Waals surface area contributed by atoms with Gasteiger partial charge in [0.15, 0.2) is 5.17 Å². The summed E-state index contributed by atoms with van der Waals surface area (Å²) in [7, 11) is 0. The number of aryl methyl sites for hydroxylation is 1. The molecule has 0 unspecified atom stereocenters. The van der Waals surface area contributed by atoms with Crippen LogP contribution in [0, 0.1) is 0 Å². The van der Waals surface area contributed by atoms with E-state index in [-0.39, 0.29) is 5.54 Å². The standard InChI is InChI=1S/C13H19N3S/c1-4-10-6-5-7-14-11(10)8-15-12-16-13(2,3)9-17-12/h5-7H,4,8-9H2,1-3H3,(H,15,16). The Morgan fingerprint density at radius 1 is 1.53 bits per heavy atom. The lowest BCUT2D eigenvalue weighted by atomic mass is 10.1. The van der Waals surface area contributed by atoms with Crippen LogP contribution in [-0.4, -0.2) is 21.4 Å². The highest BCUT2D eigenvalue weighted by Gasteiger charge is 2.27. The molecule has 1 fully saturated rings. The van der Waals surface area contributed by atoms with E-state index in [1.54, 1.807) is 11.8 Å². The molecule has 4 heteroatoms. The molecular formula is C13H19N3S. The van der Waals surface area contributed by atoms with Crippen LogP contribution in [0.2, 0.25) is 0 Å². The lowest BCUT2D eigenvalue weighted by Gasteiger charge is -2.15. The lowest BCUT2D eigenvalue weighted by Crippen LogP contribution is -2.36. The van der Waals surface area contributed by atoms with Gasteiger partial charge in [-0.3, -0.25) is 9.98 Å². The number of aliphatic imine (C=N–C) groups is 1. The normalized spacial score (nSPS) is 20.5. The first-order chi connectivity index (χ1) is 8.11. The van der Waals surface area contributed by atoms with Gasteiger partial charge in [0.1, 0.15) is 0 Å². The predicted molar refractivity (Wildman–Crippen MR) is 74.4 cm³/mol. The minimum absolute atomic E-state index is 0.168. The van der Waals surface area contributed by atoms with Crippen LogP contribution in [0.25, 0.3) is 0 Å². The van der Waals surface area contributed by atoms with E-state index >= 15 is 0 Å². The van der Waals surface area contributed by atoms with Gasteiger partial charge >= 0.3 is 0 Å². The molecule has 0 atom stereocenters. The third-order valence-electron chi connectivity index (χ3n) is 2.75. The smallest absolute Gasteiger partial charge is 0.157 e. The molecule has 92 valence electrons. The minimum Gasteiger partial charge on any atom is -0.359 e. The Bertz CT molecular complexity index is 426. The first-order valence-corrected chi connectivity index (χ1v) is 6.97. The number of amidine groups is 1. The van der Waals surface area contributed by atoms with E-state index in [1.165, 1.54) is 5.56 Å². The average molecular weight is 249 g/mol. The second-order valence-electron chi connectivity index (χ2n) is 4.88. The molecule has 0 aliphatic carbocycles. The Kier molecular flexibility index (Phi) is 3.72. The first-order valence-electron chi connectivity index (χ1n) is 5.99. The van der Waals surface area contributed by atoms with E-state index < -0.39 is 0 Å². The summed E-state index contributed by atoms with van der Waals surface area (Å²) in [6, 6.07) is 4.11. The molecule has 2 rings (SSSR count). The summed E-state index contributed by atoms with van der Waals surface area (Å²) < 4.78 is 0. The molecule has 0 saturated carbocycles. The highest BCUT2D eigenvalue weighted by atomic mass is 32.2. The molecule has 1 aliphatic heterocycles. The van der Waals surface area contributed by atoms with Crippen LogP contribution in [0.5, 0.6) is 0 Å². The lowest BCUT2D eigenvalue weighted by molar-refractivity contribution is 0.536. The van der Waals surface area contributed by atoms with E-state index in [0.717, 1.165) is 23.0 Å². The molecule has 1 saturated heterocycles. The third kappa shape index (κ3) is 3.22. The maximum atomic E-state index is 4.60. The average Bonchev–Trinajstić information content (AvgIpc) is 2.67. The number of nitrogens with one attached hydrogen (secondary N) is 1. The van der Waals surface area contributed by atoms with Crippen molar-refractivity contribution in [2.75, 3.05) is 5.75 Å². The molecule has 0 bridgehead atoms. The molecule has 1 aromatic heterocycles. The van der Waals surface area contributed by atoms with Crippen molar-refractivity contribution < 1.29 is 0 Å². The van der Waals surface area contributed by atoms with Crippen LogP contribution in [0.15, 0.2) is 23.3 Å². The van der Waals surface area contributed by atoms with Crippen LogP contribution >= 0.6 is 11.8 Å². The van der Waals surface area contributed by atoms with Gasteiger partial charge < -0.3 is 5.32 Å². The van der Waals surface area contributed by atoms with Crippen molar-refractivity contribution in [2.45, 2.75) is 39.3 Å². The van der Waals surface area contributed by atoms with Gasteiger partial charge in [-0.1, -0.05) is 24.8 Å². The molecule has 1 N–H and O–H groups in total. The van der Waals surface area contributed by atoms with Gasteiger partial charge in [0, 0.05) is 17.5 Å². The van der Waals surface area contributed by atoms with Gasteiger partial charge in [0.25, 0.3) is 0 Å². The van der Waals surface area contributed by atoms with Crippen molar-refractivity contribution in [3.8, 4) is 0 Å². The fourth-order valence-corrected chi connectivity index (χ4v) is 2.85. The van der Waals surface area contributed by atoms with Gasteiger partial charge in [0.05, 0.1) is 12.2 Å². The SMILES string of the molecule is CCc1cccnc1CN=C1NC(C)(C)CS1. The summed E-state index contributed by atoms with van der Waals surface area (Å²) in [6.07, 6.45) is 2.86. The van der Waals surface area contributed by atoms with Gasteiger partial charge in [0.2, 0.25) is 0 Å². The van der Waals surface area contributed by atoms with Crippen LogP contribution in [0.3, 0.4) is 0 Å². The fourth-order valence-electron chi connectivity index (χ4n) is 1.78. The largest absolute Gasteiger partial charge is 0.359 e. The molecule has 0 aromatic carbocycles. The zero-order chi connectivity index (χ0) is 12.3. The van der Waals surface area contributed by atoms with Crippen molar-refractivity contribution >= 4 is 16.9 Å². The van der Waals surface area contributed by atoms with Crippen molar-refractivity contribution in [2.24, 2.45) is 4.99 Å². The Morgan fingerprint density at radius 2 is 2.35 bits per heavy atom. The topological polar surface area (TPSA) is 37.3 Å². The Balaban J connectivity index is 2.05. The predicted octanol–water partition coefficient (Wildman–Crippen LogP) is 2.62. The number of nitrogens with zero attached hydrogens (tertiary/aromatic N) is 2. The van der Waals surface area contributed by atoms with E-state index in [4.69, 9.17) is 0 Å². The second-order valence-corrected chi connectivity index (χ2v) is 5.85. The monoisotopic (exact) mass is 249 g/mol. The highest BCUT2D eigenvalue weighted by molar-refractivity contribution is 8.14. The summed E-state index contributed by atoms with van der Waals surface area (Å²) in [5, 5.41) is 4.47. The van der Waals surface area contributed by atoms with Gasteiger partial charge in [-0.25, -0.2) is 0 Å². The first kappa shape index (κ1) is 12.4. The maximum absolute atomic E-state index is 4.60. The molecule has 17 heavy (non-hydrogen) atoms. The molecule has 1 aromatic rings. The Hall–Kier alpha value is -1.03. The second kappa shape index (κ2) is 5.08. The number of hydrogen-bond acceptors (Lipinski definition) is 3. The summed E-state index contributed by atoms with van der Waals surface area (Å²) in [5.41, 5.74) is 2.55. The zero-order valence-electron chi connectivity index (χ0n) is 10.7. The molecule has 0 spiro atoms. The number of rotatable bonds is 3.